The van der Waals surface area contributed by atoms with Gasteiger partial charge in [0, 0.05) is 31.5 Å². The van der Waals surface area contributed by atoms with Crippen LogP contribution in [0.2, 0.25) is 0 Å². The van der Waals surface area contributed by atoms with Crippen molar-refractivity contribution < 1.29 is 14.3 Å². The summed E-state index contributed by atoms with van der Waals surface area (Å²) in [6, 6.07) is 4.06. The standard InChI is InChI=1S/C15H22N2O3S/c1-15(14(19)16-8-10-20-2)7-5-13(18)17(15)9-6-12-4-3-11-21-12/h3-4,11H,5-10H2,1-2H3,(H,16,19)/t15-/m1/s1. The van der Waals surface area contributed by atoms with Gasteiger partial charge in [-0.05, 0) is 31.2 Å². The van der Waals surface area contributed by atoms with Crippen molar-refractivity contribution in [3.8, 4) is 0 Å². The number of methoxy groups -OCH3 is 1. The van der Waals surface area contributed by atoms with Crippen LogP contribution in [0.15, 0.2) is 17.5 Å². The Morgan fingerprint density at radius 2 is 2.38 bits per heavy atom. The molecule has 1 aromatic heterocycles. The highest BCUT2D eigenvalue weighted by molar-refractivity contribution is 7.09. The van der Waals surface area contributed by atoms with Gasteiger partial charge >= 0.3 is 0 Å². The van der Waals surface area contributed by atoms with Crippen LogP contribution >= 0.6 is 11.3 Å². The Morgan fingerprint density at radius 1 is 1.57 bits per heavy atom. The molecule has 0 radical (unpaired) electrons. The Morgan fingerprint density at radius 3 is 3.05 bits per heavy atom. The first-order chi connectivity index (χ1) is 10.1. The summed E-state index contributed by atoms with van der Waals surface area (Å²) in [6.07, 6.45) is 1.82. The first-order valence-electron chi connectivity index (χ1n) is 7.18. The zero-order chi connectivity index (χ0) is 15.3. The lowest BCUT2D eigenvalue weighted by atomic mass is 9.97. The van der Waals surface area contributed by atoms with Crippen molar-refractivity contribution in [1.82, 2.24) is 10.2 Å². The van der Waals surface area contributed by atoms with E-state index in [1.54, 1.807) is 23.3 Å². The van der Waals surface area contributed by atoms with E-state index in [4.69, 9.17) is 4.74 Å². The van der Waals surface area contributed by atoms with Crippen LogP contribution < -0.4 is 5.32 Å². The number of ether oxygens (including phenoxy) is 1. The number of nitrogens with zero attached hydrogens (tertiary/aromatic N) is 1. The maximum Gasteiger partial charge on any atom is 0.245 e. The number of likely N-dealkylation sites (tertiary alicyclic amines) is 1. The highest BCUT2D eigenvalue weighted by Crippen LogP contribution is 2.30. The fourth-order valence-electron chi connectivity index (χ4n) is 2.64. The van der Waals surface area contributed by atoms with Gasteiger partial charge < -0.3 is 15.0 Å². The maximum absolute atomic E-state index is 12.4. The molecule has 2 amide bonds. The van der Waals surface area contributed by atoms with Crippen molar-refractivity contribution in [3.63, 3.8) is 0 Å². The minimum atomic E-state index is -0.734. The van der Waals surface area contributed by atoms with Crippen molar-refractivity contribution in [3.05, 3.63) is 22.4 Å². The Bertz CT molecular complexity index is 489. The molecule has 0 aliphatic carbocycles. The Hall–Kier alpha value is -1.40. The Kier molecular flexibility index (Phi) is 5.36. The van der Waals surface area contributed by atoms with Crippen molar-refractivity contribution in [1.29, 1.82) is 0 Å². The molecule has 1 saturated heterocycles. The smallest absolute Gasteiger partial charge is 0.245 e. The Balaban J connectivity index is 1.98. The highest BCUT2D eigenvalue weighted by Gasteiger charge is 2.46. The van der Waals surface area contributed by atoms with Crippen LogP contribution in [0.4, 0.5) is 0 Å². The van der Waals surface area contributed by atoms with E-state index in [9.17, 15) is 9.59 Å². The summed E-state index contributed by atoms with van der Waals surface area (Å²) in [5.74, 6) is -0.0208. The number of thiophene rings is 1. The topological polar surface area (TPSA) is 58.6 Å². The maximum atomic E-state index is 12.4. The highest BCUT2D eigenvalue weighted by atomic mass is 32.1. The number of amides is 2. The third-order valence-electron chi connectivity index (χ3n) is 3.97. The fraction of sp³-hybridized carbons (Fsp3) is 0.600. The van der Waals surface area contributed by atoms with Gasteiger partial charge in [-0.25, -0.2) is 0 Å². The third-order valence-corrected chi connectivity index (χ3v) is 4.90. The number of carbonyl (C=O) groups excluding carboxylic acids is 2. The SMILES string of the molecule is COCCNC(=O)[C@@]1(C)CCC(=O)N1CCc1cccs1. The summed E-state index contributed by atoms with van der Waals surface area (Å²) in [5, 5.41) is 4.88. The van der Waals surface area contributed by atoms with Gasteiger partial charge in [0.2, 0.25) is 11.8 Å². The van der Waals surface area contributed by atoms with Crippen LogP contribution in [0.5, 0.6) is 0 Å². The summed E-state index contributed by atoms with van der Waals surface area (Å²) in [6.45, 7) is 3.39. The lowest BCUT2D eigenvalue weighted by Crippen LogP contribution is -2.55. The van der Waals surface area contributed by atoms with Gasteiger partial charge in [-0.15, -0.1) is 11.3 Å². The molecular formula is C15H22N2O3S. The molecule has 0 bridgehead atoms. The second kappa shape index (κ2) is 7.04. The molecule has 1 N–H and O–H groups in total. The van der Waals surface area contributed by atoms with Crippen LogP contribution in [0.25, 0.3) is 0 Å². The molecule has 2 heterocycles. The van der Waals surface area contributed by atoms with Crippen molar-refractivity contribution in [2.24, 2.45) is 0 Å². The number of carbonyl (C=O) groups is 2. The van der Waals surface area contributed by atoms with E-state index in [1.165, 1.54) is 4.88 Å². The van der Waals surface area contributed by atoms with Crippen LogP contribution in [0, 0.1) is 0 Å². The predicted octanol–water partition coefficient (Wildman–Crippen LogP) is 1.43. The monoisotopic (exact) mass is 310 g/mol. The first-order valence-corrected chi connectivity index (χ1v) is 8.06. The molecule has 0 spiro atoms. The predicted molar refractivity (Wildman–Crippen MR) is 82.3 cm³/mol. The Labute approximate surface area is 129 Å². The molecule has 2 rings (SSSR count). The summed E-state index contributed by atoms with van der Waals surface area (Å²) in [7, 11) is 1.60. The van der Waals surface area contributed by atoms with Crippen molar-refractivity contribution >= 4 is 23.2 Å². The quantitative estimate of drug-likeness (QED) is 0.775. The van der Waals surface area contributed by atoms with Crippen molar-refractivity contribution in [2.45, 2.75) is 31.7 Å². The molecule has 1 aliphatic heterocycles. The van der Waals surface area contributed by atoms with Crippen LogP contribution in [0.3, 0.4) is 0 Å². The minimum Gasteiger partial charge on any atom is -0.383 e. The van der Waals surface area contributed by atoms with Crippen LogP contribution in [-0.2, 0) is 20.7 Å². The van der Waals surface area contributed by atoms with Gasteiger partial charge in [0.25, 0.3) is 0 Å². The molecule has 1 fully saturated rings. The molecule has 21 heavy (non-hydrogen) atoms. The van der Waals surface area contributed by atoms with E-state index in [2.05, 4.69) is 11.4 Å². The average Bonchev–Trinajstić information content (AvgIpc) is 3.07. The van der Waals surface area contributed by atoms with Crippen LogP contribution in [0.1, 0.15) is 24.6 Å². The molecule has 0 saturated carbocycles. The summed E-state index contributed by atoms with van der Waals surface area (Å²) >= 11 is 1.68. The lowest BCUT2D eigenvalue weighted by Gasteiger charge is -2.34. The zero-order valence-electron chi connectivity index (χ0n) is 12.6. The van der Waals surface area contributed by atoms with E-state index in [0.717, 1.165) is 6.42 Å². The number of rotatable bonds is 7. The molecule has 6 heteroatoms. The van der Waals surface area contributed by atoms with Crippen molar-refractivity contribution in [2.75, 3.05) is 26.8 Å². The number of nitrogens with one attached hydrogen (secondary N) is 1. The normalized spacial score (nSPS) is 21.8. The second-order valence-corrected chi connectivity index (χ2v) is 6.43. The van der Waals surface area contributed by atoms with Crippen LogP contribution in [-0.4, -0.2) is 49.1 Å². The number of hydrogen-bond acceptors (Lipinski definition) is 4. The largest absolute Gasteiger partial charge is 0.383 e. The molecule has 5 nitrogen and oxygen atoms in total. The van der Waals surface area contributed by atoms with Gasteiger partial charge in [0.05, 0.1) is 6.61 Å². The molecule has 0 aromatic carbocycles. The average molecular weight is 310 g/mol. The molecule has 0 unspecified atom stereocenters. The van der Waals surface area contributed by atoms with Gasteiger partial charge in [-0.1, -0.05) is 6.07 Å². The molecular weight excluding hydrogens is 288 g/mol. The molecule has 116 valence electrons. The molecule has 1 aromatic rings. The van der Waals surface area contributed by atoms with Gasteiger partial charge in [0.1, 0.15) is 5.54 Å². The first kappa shape index (κ1) is 16.0. The fourth-order valence-corrected chi connectivity index (χ4v) is 3.34. The van der Waals surface area contributed by atoms with Gasteiger partial charge in [-0.2, -0.15) is 0 Å². The van der Waals surface area contributed by atoms with E-state index in [-0.39, 0.29) is 11.8 Å². The number of hydrogen-bond donors (Lipinski definition) is 1. The summed E-state index contributed by atoms with van der Waals surface area (Å²) < 4.78 is 4.94. The lowest BCUT2D eigenvalue weighted by molar-refractivity contribution is -0.140. The molecule has 1 atom stereocenters. The minimum absolute atomic E-state index is 0.0657. The van der Waals surface area contributed by atoms with E-state index in [0.29, 0.717) is 32.5 Å². The summed E-state index contributed by atoms with van der Waals surface area (Å²) in [4.78, 5) is 27.5. The van der Waals surface area contributed by atoms with E-state index >= 15 is 0 Å². The summed E-state index contributed by atoms with van der Waals surface area (Å²) in [5.41, 5.74) is -0.734. The van der Waals surface area contributed by atoms with Gasteiger partial charge in [0.15, 0.2) is 0 Å². The van der Waals surface area contributed by atoms with E-state index in [1.807, 2.05) is 18.4 Å². The molecule has 1 aliphatic rings. The zero-order valence-corrected chi connectivity index (χ0v) is 13.4. The third kappa shape index (κ3) is 3.63. The second-order valence-electron chi connectivity index (χ2n) is 5.40. The van der Waals surface area contributed by atoms with E-state index < -0.39 is 5.54 Å². The van der Waals surface area contributed by atoms with Gasteiger partial charge in [-0.3, -0.25) is 9.59 Å².